The van der Waals surface area contributed by atoms with Crippen molar-refractivity contribution in [3.8, 4) is 5.75 Å². The molecule has 1 unspecified atom stereocenters. The van der Waals surface area contributed by atoms with E-state index in [2.05, 4.69) is 9.64 Å². The average molecular weight is 315 g/mol. The summed E-state index contributed by atoms with van der Waals surface area (Å²) in [4.78, 5) is 2.31. The number of aliphatic hydroxyl groups is 1. The summed E-state index contributed by atoms with van der Waals surface area (Å²) in [7, 11) is 0. The summed E-state index contributed by atoms with van der Waals surface area (Å²) in [5, 5.41) is 8.78. The third-order valence-corrected chi connectivity index (χ3v) is 3.74. The Morgan fingerprint density at radius 3 is 2.95 bits per heavy atom. The molecule has 1 aliphatic heterocycles. The number of ether oxygens (including phenoxy) is 2. The molecule has 0 bridgehead atoms. The quantitative estimate of drug-likeness (QED) is 0.749. The Labute approximate surface area is 129 Å². The van der Waals surface area contributed by atoms with Gasteiger partial charge in [0.25, 0.3) is 0 Å². The maximum atomic E-state index is 12.3. The summed E-state index contributed by atoms with van der Waals surface area (Å²) < 4.78 is 34.8. The fourth-order valence-electron chi connectivity index (χ4n) is 2.62. The Hall–Kier alpha value is -1.24. The minimum absolute atomic E-state index is 0.118. The van der Waals surface area contributed by atoms with Crippen molar-refractivity contribution in [3.05, 3.63) is 29.8 Å². The van der Waals surface area contributed by atoms with Crippen LogP contribution in [-0.4, -0.2) is 49.5 Å². The first-order valence-electron chi connectivity index (χ1n) is 7.68. The van der Waals surface area contributed by atoms with E-state index in [1.54, 1.807) is 12.1 Å². The molecule has 1 fully saturated rings. The Bertz CT molecular complexity index is 445. The molecule has 1 heterocycles. The molecule has 1 saturated heterocycles. The van der Waals surface area contributed by atoms with Crippen molar-refractivity contribution in [3.63, 3.8) is 0 Å². The second-order valence-electron chi connectivity index (χ2n) is 5.40. The van der Waals surface area contributed by atoms with E-state index in [-0.39, 0.29) is 18.5 Å². The molecule has 4 nitrogen and oxygen atoms in total. The number of rotatable bonds is 8. The van der Waals surface area contributed by atoms with Crippen LogP contribution in [0.4, 0.5) is 8.78 Å². The van der Waals surface area contributed by atoms with E-state index in [1.807, 2.05) is 6.07 Å². The summed E-state index contributed by atoms with van der Waals surface area (Å²) in [6.07, 6.45) is 2.77. The molecule has 0 saturated carbocycles. The van der Waals surface area contributed by atoms with Gasteiger partial charge in [-0.25, -0.2) is 0 Å². The highest BCUT2D eigenvalue weighted by molar-refractivity contribution is 5.30. The molecule has 22 heavy (non-hydrogen) atoms. The third kappa shape index (κ3) is 5.51. The molecular weight excluding hydrogens is 292 g/mol. The van der Waals surface area contributed by atoms with E-state index in [4.69, 9.17) is 9.84 Å². The van der Waals surface area contributed by atoms with Crippen LogP contribution in [0.1, 0.15) is 30.9 Å². The molecule has 124 valence electrons. The predicted molar refractivity (Wildman–Crippen MR) is 79.1 cm³/mol. The van der Waals surface area contributed by atoms with Gasteiger partial charge in [0.15, 0.2) is 0 Å². The van der Waals surface area contributed by atoms with Crippen LogP contribution < -0.4 is 4.74 Å². The highest BCUT2D eigenvalue weighted by Gasteiger charge is 2.22. The van der Waals surface area contributed by atoms with Gasteiger partial charge in [-0.15, -0.1) is 0 Å². The first-order chi connectivity index (χ1) is 10.7. The number of hydrogen-bond donors (Lipinski definition) is 1. The predicted octanol–water partition coefficient (Wildman–Crippen LogP) is 2.82. The molecule has 1 N–H and O–H groups in total. The van der Waals surface area contributed by atoms with Crippen molar-refractivity contribution in [2.24, 2.45) is 0 Å². The molecule has 0 radical (unpaired) electrons. The standard InChI is InChI=1S/C16H23F2NO3/c17-16(18)22-14-6-4-5-13(11-14)15-12-19(8-10-21-15)7-2-1-3-9-20/h4-6,11,15-16,20H,1-3,7-10,12H2. The van der Waals surface area contributed by atoms with E-state index >= 15 is 0 Å². The Balaban J connectivity index is 1.88. The fourth-order valence-corrected chi connectivity index (χ4v) is 2.62. The number of aliphatic hydroxyl groups excluding tert-OH is 1. The lowest BCUT2D eigenvalue weighted by molar-refractivity contribution is -0.0508. The van der Waals surface area contributed by atoms with Crippen molar-refractivity contribution in [2.75, 3.05) is 32.8 Å². The van der Waals surface area contributed by atoms with E-state index in [9.17, 15) is 8.78 Å². The number of morpholine rings is 1. The minimum Gasteiger partial charge on any atom is -0.435 e. The molecule has 1 aliphatic rings. The van der Waals surface area contributed by atoms with Crippen LogP contribution in [0.3, 0.4) is 0 Å². The summed E-state index contributed by atoms with van der Waals surface area (Å²) in [5.74, 6) is 0.163. The highest BCUT2D eigenvalue weighted by Crippen LogP contribution is 2.26. The zero-order valence-corrected chi connectivity index (χ0v) is 12.6. The Morgan fingerprint density at radius 1 is 1.32 bits per heavy atom. The van der Waals surface area contributed by atoms with E-state index < -0.39 is 6.61 Å². The van der Waals surface area contributed by atoms with Crippen LogP contribution in [0.5, 0.6) is 5.75 Å². The van der Waals surface area contributed by atoms with Crippen LogP contribution in [0, 0.1) is 0 Å². The van der Waals surface area contributed by atoms with Crippen molar-refractivity contribution in [2.45, 2.75) is 32.0 Å². The lowest BCUT2D eigenvalue weighted by atomic mass is 10.1. The molecule has 0 spiro atoms. The van der Waals surface area contributed by atoms with Crippen LogP contribution in [0.15, 0.2) is 24.3 Å². The van der Waals surface area contributed by atoms with Gasteiger partial charge in [-0.2, -0.15) is 8.78 Å². The third-order valence-electron chi connectivity index (χ3n) is 3.74. The van der Waals surface area contributed by atoms with Gasteiger partial charge in [0.1, 0.15) is 5.75 Å². The van der Waals surface area contributed by atoms with Crippen molar-refractivity contribution < 1.29 is 23.4 Å². The van der Waals surface area contributed by atoms with E-state index in [0.29, 0.717) is 6.61 Å². The first kappa shape index (κ1) is 17.1. The summed E-state index contributed by atoms with van der Waals surface area (Å²) in [5.41, 5.74) is 0.859. The first-order valence-corrected chi connectivity index (χ1v) is 7.68. The molecule has 1 atom stereocenters. The number of unbranched alkanes of at least 4 members (excludes halogenated alkanes) is 2. The minimum atomic E-state index is -2.81. The molecule has 2 rings (SSSR count). The van der Waals surface area contributed by atoms with E-state index in [0.717, 1.165) is 44.5 Å². The molecule has 1 aromatic rings. The van der Waals surface area contributed by atoms with Crippen molar-refractivity contribution in [1.82, 2.24) is 4.90 Å². The number of halogens is 2. The number of nitrogens with zero attached hydrogens (tertiary/aromatic N) is 1. The topological polar surface area (TPSA) is 41.9 Å². The van der Waals surface area contributed by atoms with Gasteiger partial charge in [-0.05, 0) is 43.5 Å². The van der Waals surface area contributed by atoms with Gasteiger partial charge in [0, 0.05) is 19.7 Å². The molecule has 0 aromatic heterocycles. The van der Waals surface area contributed by atoms with Gasteiger partial charge in [-0.3, -0.25) is 4.90 Å². The maximum Gasteiger partial charge on any atom is 0.387 e. The molecule has 0 aliphatic carbocycles. The monoisotopic (exact) mass is 315 g/mol. The van der Waals surface area contributed by atoms with E-state index in [1.165, 1.54) is 6.07 Å². The van der Waals surface area contributed by atoms with Crippen LogP contribution in [0.25, 0.3) is 0 Å². The Kier molecular flexibility index (Phi) is 7.02. The summed E-state index contributed by atoms with van der Waals surface area (Å²) in [6.45, 7) is 0.644. The van der Waals surface area contributed by atoms with Crippen LogP contribution in [-0.2, 0) is 4.74 Å². The second-order valence-corrected chi connectivity index (χ2v) is 5.40. The normalized spacial score (nSPS) is 19.5. The highest BCUT2D eigenvalue weighted by atomic mass is 19.3. The molecule has 1 aromatic carbocycles. The molecule has 0 amide bonds. The Morgan fingerprint density at radius 2 is 2.18 bits per heavy atom. The zero-order chi connectivity index (χ0) is 15.8. The largest absolute Gasteiger partial charge is 0.435 e. The molecule has 6 heteroatoms. The maximum absolute atomic E-state index is 12.3. The van der Waals surface area contributed by atoms with Crippen molar-refractivity contribution in [1.29, 1.82) is 0 Å². The number of alkyl halides is 2. The van der Waals surface area contributed by atoms with Crippen LogP contribution >= 0.6 is 0 Å². The molecular formula is C16H23F2NO3. The number of benzene rings is 1. The van der Waals surface area contributed by atoms with Gasteiger partial charge in [-0.1, -0.05) is 12.1 Å². The van der Waals surface area contributed by atoms with Crippen LogP contribution in [0.2, 0.25) is 0 Å². The average Bonchev–Trinajstić information content (AvgIpc) is 2.52. The smallest absolute Gasteiger partial charge is 0.387 e. The zero-order valence-electron chi connectivity index (χ0n) is 12.6. The fraction of sp³-hybridized carbons (Fsp3) is 0.625. The van der Waals surface area contributed by atoms with Gasteiger partial charge in [0.05, 0.1) is 12.7 Å². The SMILES string of the molecule is OCCCCCN1CCOC(c2cccc(OC(F)F)c2)C1. The summed E-state index contributed by atoms with van der Waals surface area (Å²) >= 11 is 0. The number of hydrogen-bond acceptors (Lipinski definition) is 4. The second kappa shape index (κ2) is 9.02. The lowest BCUT2D eigenvalue weighted by Crippen LogP contribution is -2.38. The van der Waals surface area contributed by atoms with Crippen molar-refractivity contribution >= 4 is 0 Å². The van der Waals surface area contributed by atoms with Gasteiger partial charge >= 0.3 is 6.61 Å². The summed E-state index contributed by atoms with van der Waals surface area (Å²) in [6, 6.07) is 6.71. The van der Waals surface area contributed by atoms with Gasteiger partial charge < -0.3 is 14.6 Å². The lowest BCUT2D eigenvalue weighted by Gasteiger charge is -2.33. The van der Waals surface area contributed by atoms with Gasteiger partial charge in [0.2, 0.25) is 0 Å².